The third kappa shape index (κ3) is 3.07. The molecule has 6 nitrogen and oxygen atoms in total. The first-order valence-electron chi connectivity index (χ1n) is 6.58. The summed E-state index contributed by atoms with van der Waals surface area (Å²) >= 11 is 1.18. The second kappa shape index (κ2) is 5.70. The SMILES string of the molecule is C=CCN(Cc1nc(C2CC2)no1)S(=O)(=O)c1cccs1. The Bertz CT molecular complexity index is 718. The van der Waals surface area contributed by atoms with Crippen LogP contribution in [0.4, 0.5) is 0 Å². The second-order valence-corrected chi connectivity index (χ2v) is 7.95. The van der Waals surface area contributed by atoms with Gasteiger partial charge in [0.15, 0.2) is 5.82 Å². The molecule has 2 heterocycles. The van der Waals surface area contributed by atoms with Gasteiger partial charge >= 0.3 is 0 Å². The monoisotopic (exact) mass is 325 g/mol. The highest BCUT2D eigenvalue weighted by Crippen LogP contribution is 2.38. The van der Waals surface area contributed by atoms with Crippen molar-refractivity contribution in [1.82, 2.24) is 14.4 Å². The van der Waals surface area contributed by atoms with Crippen LogP contribution >= 0.6 is 11.3 Å². The lowest BCUT2D eigenvalue weighted by atomic mass is 10.4. The van der Waals surface area contributed by atoms with Crippen LogP contribution in [0.5, 0.6) is 0 Å². The van der Waals surface area contributed by atoms with E-state index >= 15 is 0 Å². The summed E-state index contributed by atoms with van der Waals surface area (Å²) in [6.07, 6.45) is 3.69. The lowest BCUT2D eigenvalue weighted by Gasteiger charge is -2.17. The molecule has 1 saturated carbocycles. The first kappa shape index (κ1) is 14.4. The van der Waals surface area contributed by atoms with Crippen LogP contribution in [0.25, 0.3) is 0 Å². The minimum Gasteiger partial charge on any atom is -0.338 e. The molecular formula is C13H15N3O3S2. The van der Waals surface area contributed by atoms with Crippen molar-refractivity contribution in [2.75, 3.05) is 6.54 Å². The highest BCUT2D eigenvalue weighted by atomic mass is 32.2. The Morgan fingerprint density at radius 2 is 2.33 bits per heavy atom. The maximum Gasteiger partial charge on any atom is 0.253 e. The molecule has 8 heteroatoms. The minimum atomic E-state index is -3.56. The van der Waals surface area contributed by atoms with Gasteiger partial charge in [-0.3, -0.25) is 0 Å². The normalized spacial score (nSPS) is 15.5. The molecule has 0 spiro atoms. The predicted molar refractivity (Wildman–Crippen MR) is 78.4 cm³/mol. The highest BCUT2D eigenvalue weighted by Gasteiger charge is 2.30. The zero-order chi connectivity index (χ0) is 14.9. The van der Waals surface area contributed by atoms with Gasteiger partial charge in [0.1, 0.15) is 4.21 Å². The third-order valence-electron chi connectivity index (χ3n) is 3.16. The van der Waals surface area contributed by atoms with E-state index in [0.29, 0.717) is 21.8 Å². The van der Waals surface area contributed by atoms with Crippen LogP contribution in [0.3, 0.4) is 0 Å². The van der Waals surface area contributed by atoms with Gasteiger partial charge in [0.05, 0.1) is 6.54 Å². The third-order valence-corrected chi connectivity index (χ3v) is 6.34. The topological polar surface area (TPSA) is 76.3 Å². The molecule has 0 radical (unpaired) electrons. The molecule has 0 N–H and O–H groups in total. The molecule has 3 rings (SSSR count). The van der Waals surface area contributed by atoms with E-state index in [1.165, 1.54) is 15.6 Å². The summed E-state index contributed by atoms with van der Waals surface area (Å²) < 4.78 is 31.8. The molecule has 2 aromatic heterocycles. The van der Waals surface area contributed by atoms with Gasteiger partial charge in [-0.1, -0.05) is 17.3 Å². The van der Waals surface area contributed by atoms with Crippen molar-refractivity contribution in [3.8, 4) is 0 Å². The fraction of sp³-hybridized carbons (Fsp3) is 0.385. The quantitative estimate of drug-likeness (QED) is 0.731. The molecule has 0 aliphatic heterocycles. The molecule has 21 heavy (non-hydrogen) atoms. The highest BCUT2D eigenvalue weighted by molar-refractivity contribution is 7.91. The predicted octanol–water partition coefficient (Wildman–Crippen LogP) is 2.39. The molecule has 0 amide bonds. The van der Waals surface area contributed by atoms with Crippen molar-refractivity contribution in [3.63, 3.8) is 0 Å². The van der Waals surface area contributed by atoms with Gasteiger partial charge < -0.3 is 4.52 Å². The Morgan fingerprint density at radius 3 is 2.95 bits per heavy atom. The van der Waals surface area contributed by atoms with Crippen molar-refractivity contribution < 1.29 is 12.9 Å². The summed E-state index contributed by atoms with van der Waals surface area (Å²) in [6.45, 7) is 3.87. The zero-order valence-corrected chi connectivity index (χ0v) is 12.9. The van der Waals surface area contributed by atoms with Gasteiger partial charge in [0.25, 0.3) is 10.0 Å². The number of hydrogen-bond donors (Lipinski definition) is 0. The number of thiophene rings is 1. The van der Waals surface area contributed by atoms with Crippen LogP contribution in [0, 0.1) is 0 Å². The summed E-state index contributed by atoms with van der Waals surface area (Å²) in [6, 6.07) is 3.29. The summed E-state index contributed by atoms with van der Waals surface area (Å²) in [7, 11) is -3.56. The molecule has 1 fully saturated rings. The van der Waals surface area contributed by atoms with Crippen molar-refractivity contribution in [3.05, 3.63) is 41.9 Å². The molecule has 1 aliphatic rings. The average molecular weight is 325 g/mol. The maximum atomic E-state index is 12.5. The number of hydrogen-bond acceptors (Lipinski definition) is 6. The summed E-state index contributed by atoms with van der Waals surface area (Å²) in [5.41, 5.74) is 0. The van der Waals surface area contributed by atoms with Gasteiger partial charge in [-0.25, -0.2) is 8.42 Å². The van der Waals surface area contributed by atoms with Crippen molar-refractivity contribution in [2.45, 2.75) is 29.5 Å². The van der Waals surface area contributed by atoms with E-state index in [2.05, 4.69) is 16.7 Å². The van der Waals surface area contributed by atoms with E-state index in [-0.39, 0.29) is 13.1 Å². The second-order valence-electron chi connectivity index (χ2n) is 4.84. The Hall–Kier alpha value is -1.51. The molecule has 1 aliphatic carbocycles. The van der Waals surface area contributed by atoms with Gasteiger partial charge in [-0.15, -0.1) is 17.9 Å². The minimum absolute atomic E-state index is 0.0615. The molecular weight excluding hydrogens is 310 g/mol. The lowest BCUT2D eigenvalue weighted by Crippen LogP contribution is -2.30. The van der Waals surface area contributed by atoms with E-state index in [9.17, 15) is 8.42 Å². The van der Waals surface area contributed by atoms with Crippen LogP contribution in [0.15, 0.2) is 38.9 Å². The smallest absolute Gasteiger partial charge is 0.253 e. The van der Waals surface area contributed by atoms with Crippen molar-refractivity contribution >= 4 is 21.4 Å². The summed E-state index contributed by atoms with van der Waals surface area (Å²) in [4.78, 5) is 4.27. The lowest BCUT2D eigenvalue weighted by molar-refractivity contribution is 0.325. The molecule has 2 aromatic rings. The van der Waals surface area contributed by atoms with Crippen LogP contribution in [-0.2, 0) is 16.6 Å². The van der Waals surface area contributed by atoms with Crippen LogP contribution < -0.4 is 0 Å². The van der Waals surface area contributed by atoms with Crippen LogP contribution in [-0.4, -0.2) is 29.4 Å². The van der Waals surface area contributed by atoms with Crippen LogP contribution in [0.1, 0.15) is 30.5 Å². The van der Waals surface area contributed by atoms with Gasteiger partial charge in [-0.05, 0) is 24.3 Å². The fourth-order valence-corrected chi connectivity index (χ4v) is 4.42. The van der Waals surface area contributed by atoms with E-state index in [1.807, 2.05) is 0 Å². The average Bonchev–Trinajstić information content (AvgIpc) is 2.98. The molecule has 0 unspecified atom stereocenters. The summed E-state index contributed by atoms with van der Waals surface area (Å²) in [5.74, 6) is 1.38. The van der Waals surface area contributed by atoms with Gasteiger partial charge in [-0.2, -0.15) is 9.29 Å². The van der Waals surface area contributed by atoms with Gasteiger partial charge in [0, 0.05) is 12.5 Å². The molecule has 0 atom stereocenters. The maximum absolute atomic E-state index is 12.5. The van der Waals surface area contributed by atoms with E-state index in [0.717, 1.165) is 12.8 Å². The Morgan fingerprint density at radius 1 is 1.52 bits per heavy atom. The molecule has 0 aromatic carbocycles. The summed E-state index contributed by atoms with van der Waals surface area (Å²) in [5, 5.41) is 5.64. The standard InChI is InChI=1S/C13H15N3O3S2/c1-2-7-16(21(17,18)12-4-3-8-20-12)9-11-14-13(15-19-11)10-5-6-10/h2-4,8,10H,1,5-7,9H2. The Kier molecular flexibility index (Phi) is 3.92. The first-order chi connectivity index (χ1) is 10.1. The molecule has 112 valence electrons. The van der Waals surface area contributed by atoms with Crippen molar-refractivity contribution in [2.24, 2.45) is 0 Å². The van der Waals surface area contributed by atoms with Crippen LogP contribution in [0.2, 0.25) is 0 Å². The van der Waals surface area contributed by atoms with E-state index < -0.39 is 10.0 Å². The van der Waals surface area contributed by atoms with Crippen molar-refractivity contribution in [1.29, 1.82) is 0 Å². The number of sulfonamides is 1. The Labute approximate surface area is 127 Å². The largest absolute Gasteiger partial charge is 0.338 e. The van der Waals surface area contributed by atoms with E-state index in [4.69, 9.17) is 4.52 Å². The molecule has 0 saturated heterocycles. The van der Waals surface area contributed by atoms with E-state index in [1.54, 1.807) is 23.6 Å². The molecule has 0 bridgehead atoms. The first-order valence-corrected chi connectivity index (χ1v) is 8.90. The Balaban J connectivity index is 1.81. The zero-order valence-electron chi connectivity index (χ0n) is 11.3. The van der Waals surface area contributed by atoms with Gasteiger partial charge in [0.2, 0.25) is 5.89 Å². The number of nitrogens with zero attached hydrogens (tertiary/aromatic N) is 3. The number of aromatic nitrogens is 2. The fourth-order valence-electron chi connectivity index (χ4n) is 1.92. The number of rotatable bonds is 7.